The molecule has 1 saturated carbocycles. The minimum Gasteiger partial charge on any atom is -0.465 e. The Morgan fingerprint density at radius 1 is 1.40 bits per heavy atom. The Balaban J connectivity index is 2.65. The lowest BCUT2D eigenvalue weighted by atomic mass is 9.90. The van der Waals surface area contributed by atoms with Crippen LogP contribution in [0.15, 0.2) is 0 Å². The molecule has 1 unspecified atom stereocenters. The summed E-state index contributed by atoms with van der Waals surface area (Å²) in [5, 5.41) is 3.47. The summed E-state index contributed by atoms with van der Waals surface area (Å²) in [7, 11) is 0. The SMILES string of the molecule is CCCC(CC)(NC1CC1)C(=O)OCC. The topological polar surface area (TPSA) is 38.3 Å². The van der Waals surface area contributed by atoms with E-state index in [1.165, 1.54) is 12.8 Å². The lowest BCUT2D eigenvalue weighted by Gasteiger charge is -2.31. The first-order chi connectivity index (χ1) is 7.18. The number of hydrogen-bond acceptors (Lipinski definition) is 3. The third-order valence-electron chi connectivity index (χ3n) is 3.00. The van der Waals surface area contributed by atoms with Gasteiger partial charge in [-0.1, -0.05) is 20.3 Å². The Morgan fingerprint density at radius 3 is 2.47 bits per heavy atom. The molecule has 1 aliphatic rings. The number of carbonyl (C=O) groups excluding carboxylic acids is 1. The lowest BCUT2D eigenvalue weighted by molar-refractivity contribution is -0.152. The predicted molar refractivity (Wildman–Crippen MR) is 60.7 cm³/mol. The van der Waals surface area contributed by atoms with Gasteiger partial charge in [0.2, 0.25) is 0 Å². The monoisotopic (exact) mass is 213 g/mol. The minimum absolute atomic E-state index is 0.0683. The molecule has 1 N–H and O–H groups in total. The van der Waals surface area contributed by atoms with Gasteiger partial charge < -0.3 is 4.74 Å². The minimum atomic E-state index is -0.425. The summed E-state index contributed by atoms with van der Waals surface area (Å²) in [5.41, 5.74) is -0.425. The number of rotatable bonds is 7. The van der Waals surface area contributed by atoms with Gasteiger partial charge in [-0.2, -0.15) is 0 Å². The van der Waals surface area contributed by atoms with Crippen molar-refractivity contribution in [3.63, 3.8) is 0 Å². The van der Waals surface area contributed by atoms with E-state index in [4.69, 9.17) is 4.74 Å². The fourth-order valence-electron chi connectivity index (χ4n) is 1.97. The molecule has 0 aromatic rings. The number of ether oxygens (including phenoxy) is 1. The van der Waals surface area contributed by atoms with Gasteiger partial charge >= 0.3 is 5.97 Å². The molecule has 0 bridgehead atoms. The van der Waals surface area contributed by atoms with Gasteiger partial charge in [-0.25, -0.2) is 0 Å². The fourth-order valence-corrected chi connectivity index (χ4v) is 1.97. The molecule has 0 amide bonds. The smallest absolute Gasteiger partial charge is 0.326 e. The Kier molecular flexibility index (Phi) is 4.58. The quantitative estimate of drug-likeness (QED) is 0.659. The van der Waals surface area contributed by atoms with Crippen molar-refractivity contribution >= 4 is 5.97 Å². The average Bonchev–Trinajstić information content (AvgIpc) is 3.01. The summed E-state index contributed by atoms with van der Waals surface area (Å²) in [6, 6.07) is 0.543. The van der Waals surface area contributed by atoms with Gasteiger partial charge in [0.25, 0.3) is 0 Å². The molecule has 0 radical (unpaired) electrons. The first kappa shape index (κ1) is 12.5. The summed E-state index contributed by atoms with van der Waals surface area (Å²) in [5.74, 6) is -0.0683. The Morgan fingerprint density at radius 2 is 2.07 bits per heavy atom. The Labute approximate surface area is 92.6 Å². The van der Waals surface area contributed by atoms with E-state index < -0.39 is 5.54 Å². The largest absolute Gasteiger partial charge is 0.465 e. The van der Waals surface area contributed by atoms with Crippen LogP contribution in [0.2, 0.25) is 0 Å². The number of nitrogens with one attached hydrogen (secondary N) is 1. The third-order valence-corrected chi connectivity index (χ3v) is 3.00. The van der Waals surface area contributed by atoms with Gasteiger partial charge in [0.15, 0.2) is 0 Å². The van der Waals surface area contributed by atoms with Gasteiger partial charge in [-0.05, 0) is 32.6 Å². The zero-order valence-electron chi connectivity index (χ0n) is 10.1. The van der Waals surface area contributed by atoms with Crippen LogP contribution in [-0.2, 0) is 9.53 Å². The van der Waals surface area contributed by atoms with Crippen LogP contribution in [0.3, 0.4) is 0 Å². The highest BCUT2D eigenvalue weighted by Gasteiger charge is 2.41. The summed E-state index contributed by atoms with van der Waals surface area (Å²) in [4.78, 5) is 12.0. The zero-order chi connectivity index (χ0) is 11.3. The molecular formula is C12H23NO2. The van der Waals surface area contributed by atoms with Crippen molar-refractivity contribution in [3.05, 3.63) is 0 Å². The van der Waals surface area contributed by atoms with Crippen LogP contribution >= 0.6 is 0 Å². The molecule has 3 heteroatoms. The second-order valence-corrected chi connectivity index (χ2v) is 4.32. The van der Waals surface area contributed by atoms with Crippen LogP contribution in [0.5, 0.6) is 0 Å². The van der Waals surface area contributed by atoms with Gasteiger partial charge in [-0.15, -0.1) is 0 Å². The van der Waals surface area contributed by atoms with E-state index in [0.29, 0.717) is 12.6 Å². The maximum absolute atomic E-state index is 12.0. The lowest BCUT2D eigenvalue weighted by Crippen LogP contribution is -2.53. The van der Waals surface area contributed by atoms with Crippen molar-refractivity contribution in [1.29, 1.82) is 0 Å². The Hall–Kier alpha value is -0.570. The van der Waals surface area contributed by atoms with Crippen LogP contribution in [0.1, 0.15) is 52.9 Å². The highest BCUT2D eigenvalue weighted by molar-refractivity contribution is 5.80. The highest BCUT2D eigenvalue weighted by Crippen LogP contribution is 2.28. The molecule has 1 aliphatic carbocycles. The van der Waals surface area contributed by atoms with Gasteiger partial charge in [0.05, 0.1) is 6.61 Å². The van der Waals surface area contributed by atoms with Crippen molar-refractivity contribution in [1.82, 2.24) is 5.32 Å². The second kappa shape index (κ2) is 5.50. The fraction of sp³-hybridized carbons (Fsp3) is 0.917. The van der Waals surface area contributed by atoms with E-state index in [2.05, 4.69) is 19.2 Å². The second-order valence-electron chi connectivity index (χ2n) is 4.32. The van der Waals surface area contributed by atoms with Crippen LogP contribution in [-0.4, -0.2) is 24.2 Å². The Bertz CT molecular complexity index is 214. The van der Waals surface area contributed by atoms with Gasteiger partial charge in [-0.3, -0.25) is 10.1 Å². The average molecular weight is 213 g/mol. The first-order valence-corrected chi connectivity index (χ1v) is 6.13. The third kappa shape index (κ3) is 3.20. The maximum atomic E-state index is 12.0. The standard InChI is InChI=1S/C12H23NO2/c1-4-9-12(5-2,11(14)15-6-3)13-10-7-8-10/h10,13H,4-9H2,1-3H3. The molecule has 1 rings (SSSR count). The van der Waals surface area contributed by atoms with E-state index in [1.807, 2.05) is 6.92 Å². The molecule has 0 aromatic carbocycles. The van der Waals surface area contributed by atoms with Gasteiger partial charge in [0, 0.05) is 6.04 Å². The molecule has 0 spiro atoms. The molecule has 0 heterocycles. The van der Waals surface area contributed by atoms with Crippen molar-refractivity contribution in [2.24, 2.45) is 0 Å². The number of hydrogen-bond donors (Lipinski definition) is 1. The van der Waals surface area contributed by atoms with E-state index >= 15 is 0 Å². The van der Waals surface area contributed by atoms with Crippen molar-refractivity contribution in [2.45, 2.75) is 64.5 Å². The van der Waals surface area contributed by atoms with Crippen LogP contribution in [0, 0.1) is 0 Å². The van der Waals surface area contributed by atoms with Crippen LogP contribution < -0.4 is 5.32 Å². The zero-order valence-corrected chi connectivity index (χ0v) is 10.1. The molecular weight excluding hydrogens is 190 g/mol. The molecule has 0 aromatic heterocycles. The van der Waals surface area contributed by atoms with Crippen molar-refractivity contribution in [3.8, 4) is 0 Å². The molecule has 1 fully saturated rings. The number of carbonyl (C=O) groups is 1. The van der Waals surface area contributed by atoms with Crippen molar-refractivity contribution < 1.29 is 9.53 Å². The van der Waals surface area contributed by atoms with Gasteiger partial charge in [0.1, 0.15) is 5.54 Å². The normalized spacial score (nSPS) is 19.7. The molecule has 88 valence electrons. The first-order valence-electron chi connectivity index (χ1n) is 6.13. The van der Waals surface area contributed by atoms with E-state index in [-0.39, 0.29) is 5.97 Å². The molecule has 0 saturated heterocycles. The number of esters is 1. The summed E-state index contributed by atoms with van der Waals surface area (Å²) in [6.45, 7) is 6.50. The van der Waals surface area contributed by atoms with Crippen LogP contribution in [0.25, 0.3) is 0 Å². The van der Waals surface area contributed by atoms with E-state index in [9.17, 15) is 4.79 Å². The molecule has 0 aliphatic heterocycles. The maximum Gasteiger partial charge on any atom is 0.326 e. The summed E-state index contributed by atoms with van der Waals surface area (Å²) < 4.78 is 5.18. The molecule has 3 nitrogen and oxygen atoms in total. The van der Waals surface area contributed by atoms with Crippen LogP contribution in [0.4, 0.5) is 0 Å². The van der Waals surface area contributed by atoms with E-state index in [1.54, 1.807) is 0 Å². The predicted octanol–water partition coefficient (Wildman–Crippen LogP) is 2.25. The molecule has 1 atom stereocenters. The molecule has 15 heavy (non-hydrogen) atoms. The van der Waals surface area contributed by atoms with E-state index in [0.717, 1.165) is 19.3 Å². The highest BCUT2D eigenvalue weighted by atomic mass is 16.5. The van der Waals surface area contributed by atoms with Crippen molar-refractivity contribution in [2.75, 3.05) is 6.61 Å². The summed E-state index contributed by atoms with van der Waals surface area (Å²) in [6.07, 6.45) is 5.09. The summed E-state index contributed by atoms with van der Waals surface area (Å²) >= 11 is 0.